The lowest BCUT2D eigenvalue weighted by molar-refractivity contribution is -0.141. The first-order valence-corrected chi connectivity index (χ1v) is 9.67. The molecule has 4 rings (SSSR count). The van der Waals surface area contributed by atoms with Gasteiger partial charge in [0, 0.05) is 7.05 Å². The van der Waals surface area contributed by atoms with Gasteiger partial charge in [-0.15, -0.1) is 0 Å². The molecule has 0 fully saturated rings. The first kappa shape index (κ1) is 21.7. The lowest BCUT2D eigenvalue weighted by Crippen LogP contribution is -2.16. The van der Waals surface area contributed by atoms with Crippen LogP contribution in [0.2, 0.25) is 0 Å². The summed E-state index contributed by atoms with van der Waals surface area (Å²) in [5, 5.41) is 3.05. The molecule has 0 aliphatic heterocycles. The zero-order valence-electron chi connectivity index (χ0n) is 16.0. The molecule has 32 heavy (non-hydrogen) atoms. The largest absolute Gasteiger partial charge is 0.433 e. The molecule has 13 heteroatoms. The zero-order valence-corrected chi connectivity index (χ0v) is 16.8. The molecule has 0 bridgehead atoms. The van der Waals surface area contributed by atoms with Gasteiger partial charge in [0.15, 0.2) is 15.8 Å². The number of benzene rings is 1. The van der Waals surface area contributed by atoms with Crippen LogP contribution < -0.4 is 10.2 Å². The molecular weight excluding hydrogens is 458 g/mol. The summed E-state index contributed by atoms with van der Waals surface area (Å²) in [6.45, 7) is 0. The van der Waals surface area contributed by atoms with Crippen LogP contribution in [0.1, 0.15) is 11.3 Å². The van der Waals surface area contributed by atoms with Crippen molar-refractivity contribution in [3.8, 4) is 0 Å². The van der Waals surface area contributed by atoms with Crippen molar-refractivity contribution >= 4 is 44.0 Å². The molecule has 0 spiro atoms. The van der Waals surface area contributed by atoms with Gasteiger partial charge < -0.3 is 10.2 Å². The number of pyridine rings is 1. The van der Waals surface area contributed by atoms with Crippen LogP contribution in [0.4, 0.5) is 48.7 Å². The third-order valence-corrected chi connectivity index (χ3v) is 5.40. The first-order chi connectivity index (χ1) is 15.0. The molecule has 3 heterocycles. The lowest BCUT2D eigenvalue weighted by Gasteiger charge is -2.20. The van der Waals surface area contributed by atoms with Crippen molar-refractivity contribution in [3.05, 3.63) is 60.2 Å². The fourth-order valence-electron chi connectivity index (χ4n) is 2.86. The van der Waals surface area contributed by atoms with Crippen LogP contribution in [0, 0.1) is 0 Å². The van der Waals surface area contributed by atoms with Gasteiger partial charge in [-0.25, -0.2) is 19.9 Å². The standard InChI is InChI=1S/C19H12F6N6S/c1-31(12-5-3-2-4-11(12)18(20,21)22)17-30-14-15(27-9-28-16(14)32-17)29-10-6-7-13(26-8-10)19(23,24)25/h2-9H,1H3,(H,27,28,29). The zero-order chi connectivity index (χ0) is 23.1. The van der Waals surface area contributed by atoms with Gasteiger partial charge in [-0.05, 0) is 24.3 Å². The number of nitrogens with zero attached hydrogens (tertiary/aromatic N) is 5. The van der Waals surface area contributed by atoms with Crippen LogP contribution >= 0.6 is 11.3 Å². The van der Waals surface area contributed by atoms with Gasteiger partial charge in [0.1, 0.15) is 17.5 Å². The Morgan fingerprint density at radius 1 is 0.906 bits per heavy atom. The van der Waals surface area contributed by atoms with Crippen molar-refractivity contribution < 1.29 is 26.3 Å². The molecular formula is C19H12F6N6S. The van der Waals surface area contributed by atoms with Gasteiger partial charge in [0.2, 0.25) is 0 Å². The highest BCUT2D eigenvalue weighted by Crippen LogP contribution is 2.40. The van der Waals surface area contributed by atoms with Crippen molar-refractivity contribution in [2.45, 2.75) is 12.4 Å². The number of halogens is 6. The smallest absolute Gasteiger partial charge is 0.337 e. The normalized spacial score (nSPS) is 12.2. The molecule has 1 aromatic carbocycles. The Bertz CT molecular complexity index is 1250. The highest BCUT2D eigenvalue weighted by molar-refractivity contribution is 7.22. The van der Waals surface area contributed by atoms with E-state index in [2.05, 4.69) is 25.3 Å². The summed E-state index contributed by atoms with van der Waals surface area (Å²) < 4.78 is 78.2. The number of nitrogens with one attached hydrogen (secondary N) is 1. The second kappa shape index (κ2) is 7.89. The highest BCUT2D eigenvalue weighted by atomic mass is 32.1. The van der Waals surface area contributed by atoms with E-state index in [1.807, 2.05) is 0 Å². The molecule has 4 aromatic rings. The van der Waals surface area contributed by atoms with Gasteiger partial charge in [-0.1, -0.05) is 23.5 Å². The molecule has 1 N–H and O–H groups in total. The first-order valence-electron chi connectivity index (χ1n) is 8.86. The maximum atomic E-state index is 13.4. The second-order valence-electron chi connectivity index (χ2n) is 6.50. The third-order valence-electron chi connectivity index (χ3n) is 4.36. The number of hydrogen-bond donors (Lipinski definition) is 1. The number of thiazole rings is 1. The molecule has 0 radical (unpaired) electrons. The van der Waals surface area contributed by atoms with Crippen molar-refractivity contribution in [1.29, 1.82) is 0 Å². The Hall–Kier alpha value is -3.48. The third kappa shape index (κ3) is 4.28. The van der Waals surface area contributed by atoms with E-state index in [-0.39, 0.29) is 27.8 Å². The van der Waals surface area contributed by atoms with E-state index in [1.54, 1.807) is 0 Å². The number of alkyl halides is 6. The molecule has 0 amide bonds. The monoisotopic (exact) mass is 470 g/mol. The van der Waals surface area contributed by atoms with Gasteiger partial charge in [-0.3, -0.25) is 0 Å². The Balaban J connectivity index is 1.67. The lowest BCUT2D eigenvalue weighted by atomic mass is 10.1. The van der Waals surface area contributed by atoms with Crippen LogP contribution in [0.3, 0.4) is 0 Å². The van der Waals surface area contributed by atoms with E-state index in [1.165, 1.54) is 42.5 Å². The fraction of sp³-hybridized carbons (Fsp3) is 0.158. The quantitative estimate of drug-likeness (QED) is 0.368. The van der Waals surface area contributed by atoms with Crippen molar-refractivity contribution in [2.75, 3.05) is 17.3 Å². The van der Waals surface area contributed by atoms with E-state index in [9.17, 15) is 26.3 Å². The molecule has 0 saturated carbocycles. The fourth-order valence-corrected chi connectivity index (χ4v) is 3.74. The predicted molar refractivity (Wildman–Crippen MR) is 107 cm³/mol. The maximum Gasteiger partial charge on any atom is 0.433 e. The van der Waals surface area contributed by atoms with Gasteiger partial charge in [0.05, 0.1) is 23.1 Å². The summed E-state index contributed by atoms with van der Waals surface area (Å²) in [5.74, 6) is 0.177. The molecule has 0 aliphatic rings. The SMILES string of the molecule is CN(c1nc2c(Nc3ccc(C(F)(F)F)nc3)ncnc2s1)c1ccccc1C(F)(F)F. The second-order valence-corrected chi connectivity index (χ2v) is 7.46. The minimum atomic E-state index is -4.57. The summed E-state index contributed by atoms with van der Waals surface area (Å²) in [6, 6.07) is 7.08. The van der Waals surface area contributed by atoms with Gasteiger partial charge >= 0.3 is 12.4 Å². The predicted octanol–water partition coefficient (Wildman–Crippen LogP) is 6.03. The highest BCUT2D eigenvalue weighted by Gasteiger charge is 2.35. The number of para-hydroxylation sites is 1. The minimum Gasteiger partial charge on any atom is -0.337 e. The number of rotatable bonds is 4. The topological polar surface area (TPSA) is 66.8 Å². The number of aromatic nitrogens is 4. The van der Waals surface area contributed by atoms with E-state index < -0.39 is 23.6 Å². The number of anilines is 4. The molecule has 0 atom stereocenters. The number of hydrogen-bond acceptors (Lipinski definition) is 7. The van der Waals surface area contributed by atoms with Crippen molar-refractivity contribution in [1.82, 2.24) is 19.9 Å². The van der Waals surface area contributed by atoms with E-state index in [0.717, 1.165) is 29.7 Å². The van der Waals surface area contributed by atoms with Crippen LogP contribution in [0.5, 0.6) is 0 Å². The van der Waals surface area contributed by atoms with Crippen LogP contribution in [0.15, 0.2) is 48.9 Å². The van der Waals surface area contributed by atoms with Crippen molar-refractivity contribution in [2.24, 2.45) is 0 Å². The Labute approximate surface area is 180 Å². The molecule has 166 valence electrons. The van der Waals surface area contributed by atoms with E-state index in [4.69, 9.17) is 0 Å². The Morgan fingerprint density at radius 2 is 1.66 bits per heavy atom. The summed E-state index contributed by atoms with van der Waals surface area (Å²) in [6.07, 6.45) is -6.91. The average molecular weight is 470 g/mol. The Kier molecular flexibility index (Phi) is 5.36. The van der Waals surface area contributed by atoms with Crippen LogP contribution in [-0.2, 0) is 12.4 Å². The van der Waals surface area contributed by atoms with E-state index >= 15 is 0 Å². The molecule has 0 aliphatic carbocycles. The Morgan fingerprint density at radius 3 is 2.31 bits per heavy atom. The van der Waals surface area contributed by atoms with Crippen molar-refractivity contribution in [3.63, 3.8) is 0 Å². The van der Waals surface area contributed by atoms with E-state index in [0.29, 0.717) is 4.83 Å². The maximum absolute atomic E-state index is 13.4. The average Bonchev–Trinajstić information content (AvgIpc) is 3.18. The summed E-state index contributed by atoms with van der Waals surface area (Å²) in [4.78, 5) is 17.5. The van der Waals surface area contributed by atoms with Gasteiger partial charge in [-0.2, -0.15) is 26.3 Å². The molecule has 0 unspecified atom stereocenters. The molecule has 6 nitrogen and oxygen atoms in total. The minimum absolute atomic E-state index is 0.0894. The summed E-state index contributed by atoms with van der Waals surface area (Å²) >= 11 is 1.04. The number of fused-ring (bicyclic) bond motifs is 1. The summed E-state index contributed by atoms with van der Waals surface area (Å²) in [5.41, 5.74) is -1.47. The summed E-state index contributed by atoms with van der Waals surface area (Å²) in [7, 11) is 1.45. The van der Waals surface area contributed by atoms with Gasteiger partial charge in [0.25, 0.3) is 0 Å². The molecule has 0 saturated heterocycles. The van der Waals surface area contributed by atoms with Crippen LogP contribution in [-0.4, -0.2) is 27.0 Å². The molecule has 3 aromatic heterocycles. The van der Waals surface area contributed by atoms with Crippen LogP contribution in [0.25, 0.3) is 10.3 Å².